The summed E-state index contributed by atoms with van der Waals surface area (Å²) in [5.74, 6) is 1.59. The lowest BCUT2D eigenvalue weighted by molar-refractivity contribution is 0.0957. The van der Waals surface area contributed by atoms with Gasteiger partial charge in [-0.25, -0.2) is 9.97 Å². The van der Waals surface area contributed by atoms with E-state index in [0.717, 1.165) is 22.7 Å². The first-order valence-corrected chi connectivity index (χ1v) is 8.06. The summed E-state index contributed by atoms with van der Waals surface area (Å²) in [6.45, 7) is 4.64. The van der Waals surface area contributed by atoms with Crippen LogP contribution >= 0.6 is 0 Å². The highest BCUT2D eigenvalue weighted by Crippen LogP contribution is 2.17. The zero-order chi connectivity index (χ0) is 17.8. The molecule has 0 saturated heterocycles. The van der Waals surface area contributed by atoms with Gasteiger partial charge in [0.1, 0.15) is 11.6 Å². The summed E-state index contributed by atoms with van der Waals surface area (Å²) in [6, 6.07) is 11.7. The average molecular weight is 335 g/mol. The summed E-state index contributed by atoms with van der Waals surface area (Å²) in [6.07, 6.45) is 3.23. The molecule has 0 saturated carbocycles. The van der Waals surface area contributed by atoms with E-state index >= 15 is 0 Å². The number of hydrogen-bond acceptors (Lipinski definition) is 4. The highest BCUT2D eigenvalue weighted by molar-refractivity contribution is 5.94. The highest BCUT2D eigenvalue weighted by Gasteiger charge is 2.12. The Morgan fingerprint density at radius 3 is 2.80 bits per heavy atom. The molecule has 6 nitrogen and oxygen atoms in total. The fourth-order valence-corrected chi connectivity index (χ4v) is 2.64. The SMILES string of the molecule is C=CCNC(=O)c1ccc(N(C)Cc2nc3ccccc3n2C)nc1. The second-order valence-corrected chi connectivity index (χ2v) is 5.84. The van der Waals surface area contributed by atoms with Crippen molar-refractivity contribution in [2.24, 2.45) is 7.05 Å². The van der Waals surface area contributed by atoms with Gasteiger partial charge in [0.2, 0.25) is 0 Å². The third kappa shape index (κ3) is 3.52. The smallest absolute Gasteiger partial charge is 0.253 e. The third-order valence-corrected chi connectivity index (χ3v) is 4.07. The van der Waals surface area contributed by atoms with E-state index in [1.54, 1.807) is 18.3 Å². The number of carbonyl (C=O) groups is 1. The third-order valence-electron chi connectivity index (χ3n) is 4.07. The van der Waals surface area contributed by atoms with E-state index in [4.69, 9.17) is 0 Å². The Morgan fingerprint density at radius 1 is 1.32 bits per heavy atom. The van der Waals surface area contributed by atoms with Gasteiger partial charge in [-0.2, -0.15) is 0 Å². The number of amides is 1. The number of para-hydroxylation sites is 2. The van der Waals surface area contributed by atoms with Gasteiger partial charge >= 0.3 is 0 Å². The minimum Gasteiger partial charge on any atom is -0.352 e. The zero-order valence-electron chi connectivity index (χ0n) is 14.4. The van der Waals surface area contributed by atoms with E-state index in [9.17, 15) is 4.79 Å². The van der Waals surface area contributed by atoms with E-state index in [0.29, 0.717) is 18.7 Å². The normalized spacial score (nSPS) is 10.6. The van der Waals surface area contributed by atoms with Crippen LogP contribution in [0.1, 0.15) is 16.2 Å². The van der Waals surface area contributed by atoms with E-state index in [2.05, 4.69) is 32.5 Å². The molecule has 0 radical (unpaired) electrons. The molecule has 0 aliphatic rings. The van der Waals surface area contributed by atoms with Gasteiger partial charge in [0.15, 0.2) is 0 Å². The lowest BCUT2D eigenvalue weighted by Gasteiger charge is -2.18. The molecule has 6 heteroatoms. The number of fused-ring (bicyclic) bond motifs is 1. The van der Waals surface area contributed by atoms with E-state index in [1.165, 1.54) is 0 Å². The number of anilines is 1. The van der Waals surface area contributed by atoms with Crippen molar-refractivity contribution in [1.29, 1.82) is 0 Å². The Balaban J connectivity index is 1.74. The molecule has 0 atom stereocenters. The molecule has 0 bridgehead atoms. The van der Waals surface area contributed by atoms with Gasteiger partial charge in [0.25, 0.3) is 5.91 Å². The summed E-state index contributed by atoms with van der Waals surface area (Å²) in [7, 11) is 3.97. The first kappa shape index (κ1) is 16.7. The Hall–Kier alpha value is -3.15. The monoisotopic (exact) mass is 335 g/mol. The molecule has 0 aliphatic heterocycles. The van der Waals surface area contributed by atoms with Crippen molar-refractivity contribution in [1.82, 2.24) is 19.9 Å². The number of pyridine rings is 1. The van der Waals surface area contributed by atoms with Crippen molar-refractivity contribution in [3.05, 3.63) is 66.6 Å². The summed E-state index contributed by atoms with van der Waals surface area (Å²) in [4.78, 5) is 23.0. The van der Waals surface area contributed by atoms with Gasteiger partial charge in [0, 0.05) is 26.8 Å². The molecular weight excluding hydrogens is 314 g/mol. The second kappa shape index (κ2) is 7.17. The molecular formula is C19H21N5O. The molecule has 1 amide bonds. The first-order valence-electron chi connectivity index (χ1n) is 8.06. The van der Waals surface area contributed by atoms with E-state index < -0.39 is 0 Å². The van der Waals surface area contributed by atoms with Crippen LogP contribution in [0.2, 0.25) is 0 Å². The van der Waals surface area contributed by atoms with E-state index in [1.807, 2.05) is 43.3 Å². The van der Waals surface area contributed by atoms with Crippen LogP contribution in [0.3, 0.4) is 0 Å². The van der Waals surface area contributed by atoms with Gasteiger partial charge in [0.05, 0.1) is 23.1 Å². The van der Waals surface area contributed by atoms with Crippen molar-refractivity contribution in [3.8, 4) is 0 Å². The van der Waals surface area contributed by atoms with E-state index in [-0.39, 0.29) is 5.91 Å². The predicted molar refractivity (Wildman–Crippen MR) is 99.6 cm³/mol. The standard InChI is InChI=1S/C19H21N5O/c1-4-11-20-19(25)14-9-10-17(21-12-14)23(2)13-18-22-15-7-5-6-8-16(15)24(18)3/h4-10,12H,1,11,13H2,2-3H3,(H,20,25). The summed E-state index contributed by atoms with van der Waals surface area (Å²) in [5, 5.41) is 2.74. The molecule has 3 aromatic rings. The highest BCUT2D eigenvalue weighted by atomic mass is 16.1. The number of imidazole rings is 1. The van der Waals surface area contributed by atoms with Crippen LogP contribution in [0.15, 0.2) is 55.3 Å². The Morgan fingerprint density at radius 2 is 2.12 bits per heavy atom. The van der Waals surface area contributed by atoms with Crippen molar-refractivity contribution >= 4 is 22.8 Å². The fraction of sp³-hybridized carbons (Fsp3) is 0.211. The molecule has 0 fully saturated rings. The molecule has 128 valence electrons. The largest absolute Gasteiger partial charge is 0.352 e. The van der Waals surface area contributed by atoms with Crippen molar-refractivity contribution < 1.29 is 4.79 Å². The number of aryl methyl sites for hydroxylation is 1. The molecule has 1 N–H and O–H groups in total. The lowest BCUT2D eigenvalue weighted by atomic mass is 10.2. The van der Waals surface area contributed by atoms with Gasteiger partial charge in [-0.3, -0.25) is 4.79 Å². The Bertz CT molecular complexity index is 898. The summed E-state index contributed by atoms with van der Waals surface area (Å²) < 4.78 is 2.09. The molecule has 2 aromatic heterocycles. The Kier molecular flexibility index (Phi) is 4.79. The minimum atomic E-state index is -0.156. The van der Waals surface area contributed by atoms with Crippen molar-refractivity contribution in [2.75, 3.05) is 18.5 Å². The topological polar surface area (TPSA) is 63.1 Å². The molecule has 1 aromatic carbocycles. The van der Waals surface area contributed by atoms with Gasteiger partial charge < -0.3 is 14.8 Å². The van der Waals surface area contributed by atoms with Crippen LogP contribution < -0.4 is 10.2 Å². The van der Waals surface area contributed by atoms with Crippen molar-refractivity contribution in [2.45, 2.75) is 6.54 Å². The lowest BCUT2D eigenvalue weighted by Crippen LogP contribution is -2.24. The van der Waals surface area contributed by atoms with Crippen molar-refractivity contribution in [3.63, 3.8) is 0 Å². The maximum absolute atomic E-state index is 11.9. The molecule has 3 rings (SSSR count). The maximum atomic E-state index is 11.9. The van der Waals surface area contributed by atoms with Crippen LogP contribution in [0.4, 0.5) is 5.82 Å². The van der Waals surface area contributed by atoms with Gasteiger partial charge in [-0.15, -0.1) is 6.58 Å². The van der Waals surface area contributed by atoms with Crippen LogP contribution in [0, 0.1) is 0 Å². The molecule has 0 unspecified atom stereocenters. The fourth-order valence-electron chi connectivity index (χ4n) is 2.64. The first-order chi connectivity index (χ1) is 12.1. The van der Waals surface area contributed by atoms with Gasteiger partial charge in [-0.05, 0) is 24.3 Å². The maximum Gasteiger partial charge on any atom is 0.253 e. The number of rotatable bonds is 6. The number of aromatic nitrogens is 3. The molecule has 0 aliphatic carbocycles. The zero-order valence-corrected chi connectivity index (χ0v) is 14.4. The minimum absolute atomic E-state index is 0.156. The number of benzene rings is 1. The number of nitrogens with one attached hydrogen (secondary N) is 1. The summed E-state index contributed by atoms with van der Waals surface area (Å²) >= 11 is 0. The van der Waals surface area contributed by atoms with Gasteiger partial charge in [-0.1, -0.05) is 18.2 Å². The number of hydrogen-bond donors (Lipinski definition) is 1. The predicted octanol–water partition coefficient (Wildman–Crippen LogP) is 2.52. The number of nitrogens with zero attached hydrogens (tertiary/aromatic N) is 4. The average Bonchev–Trinajstić information content (AvgIpc) is 2.96. The Labute approximate surface area is 146 Å². The quantitative estimate of drug-likeness (QED) is 0.703. The summed E-state index contributed by atoms with van der Waals surface area (Å²) in [5.41, 5.74) is 2.62. The number of carbonyl (C=O) groups excluding carboxylic acids is 1. The molecule has 25 heavy (non-hydrogen) atoms. The van der Waals surface area contributed by atoms with Crippen LogP contribution in [0.5, 0.6) is 0 Å². The molecule has 2 heterocycles. The van der Waals surface area contributed by atoms with Crippen LogP contribution in [0.25, 0.3) is 11.0 Å². The second-order valence-electron chi connectivity index (χ2n) is 5.84. The molecule has 0 spiro atoms. The van der Waals surface area contributed by atoms with Crippen LogP contribution in [-0.4, -0.2) is 34.0 Å². The van der Waals surface area contributed by atoms with Crippen LogP contribution in [-0.2, 0) is 13.6 Å².